The van der Waals surface area contributed by atoms with Gasteiger partial charge in [0.15, 0.2) is 0 Å². The zero-order valence-electron chi connectivity index (χ0n) is 15.3. The van der Waals surface area contributed by atoms with Crippen LogP contribution in [-0.2, 0) is 6.54 Å². The number of nitro benzene ring substituents is 1. The smallest absolute Gasteiger partial charge is 0.295 e. The van der Waals surface area contributed by atoms with Gasteiger partial charge in [-0.2, -0.15) is 10.2 Å². The maximum atomic E-state index is 12.7. The van der Waals surface area contributed by atoms with E-state index in [1.165, 1.54) is 35.5 Å². The van der Waals surface area contributed by atoms with E-state index in [1.54, 1.807) is 16.9 Å². The van der Waals surface area contributed by atoms with E-state index < -0.39 is 10.8 Å². The lowest BCUT2D eigenvalue weighted by Crippen LogP contribution is -2.16. The van der Waals surface area contributed by atoms with E-state index in [-0.39, 0.29) is 16.9 Å². The molecular formula is C19H14BrN7O3. The van der Waals surface area contributed by atoms with Gasteiger partial charge in [-0.3, -0.25) is 14.9 Å². The Morgan fingerprint density at radius 1 is 1.13 bits per heavy atom. The number of rotatable bonds is 6. The van der Waals surface area contributed by atoms with Gasteiger partial charge < -0.3 is 5.32 Å². The molecule has 0 unspecified atom stereocenters. The fraction of sp³-hybridized carbons (Fsp3) is 0.0526. The van der Waals surface area contributed by atoms with Crippen LogP contribution in [0, 0.1) is 10.1 Å². The number of anilines is 1. The van der Waals surface area contributed by atoms with Gasteiger partial charge in [0.25, 0.3) is 11.6 Å². The maximum absolute atomic E-state index is 12.7. The Labute approximate surface area is 178 Å². The minimum atomic E-state index is -0.564. The Kier molecular flexibility index (Phi) is 5.35. The fourth-order valence-electron chi connectivity index (χ4n) is 2.85. The van der Waals surface area contributed by atoms with Crippen molar-refractivity contribution < 1.29 is 9.72 Å². The zero-order valence-corrected chi connectivity index (χ0v) is 16.9. The predicted octanol–water partition coefficient (Wildman–Crippen LogP) is 3.44. The summed E-state index contributed by atoms with van der Waals surface area (Å²) in [6, 6.07) is 13.6. The molecule has 4 rings (SSSR count). The van der Waals surface area contributed by atoms with Gasteiger partial charge in [-0.05, 0) is 29.8 Å². The van der Waals surface area contributed by atoms with Crippen LogP contribution >= 0.6 is 15.9 Å². The van der Waals surface area contributed by atoms with Crippen molar-refractivity contribution >= 4 is 33.3 Å². The third-order valence-corrected chi connectivity index (χ3v) is 4.83. The normalized spacial score (nSPS) is 10.7. The second-order valence-corrected chi connectivity index (χ2v) is 7.17. The number of nitrogens with one attached hydrogen (secondary N) is 1. The minimum Gasteiger partial charge on any atom is -0.307 e. The molecule has 0 bridgehead atoms. The topological polar surface area (TPSA) is 121 Å². The predicted molar refractivity (Wildman–Crippen MR) is 111 cm³/mol. The summed E-state index contributed by atoms with van der Waals surface area (Å²) in [5.41, 5.74) is 1.11. The number of nitrogens with zero attached hydrogens (tertiary/aromatic N) is 6. The summed E-state index contributed by atoms with van der Waals surface area (Å²) in [4.78, 5) is 27.4. The molecule has 11 heteroatoms. The Morgan fingerprint density at radius 3 is 2.63 bits per heavy atom. The number of hydrogen-bond donors (Lipinski definition) is 1. The highest BCUT2D eigenvalue weighted by Crippen LogP contribution is 2.24. The molecule has 1 amide bonds. The van der Waals surface area contributed by atoms with Crippen molar-refractivity contribution in [3.8, 4) is 5.69 Å². The molecule has 0 saturated heterocycles. The van der Waals surface area contributed by atoms with E-state index >= 15 is 0 Å². The number of hydrogen-bond acceptors (Lipinski definition) is 6. The van der Waals surface area contributed by atoms with E-state index in [1.807, 2.05) is 24.3 Å². The van der Waals surface area contributed by atoms with Crippen molar-refractivity contribution in [3.05, 3.63) is 93.1 Å². The molecule has 0 saturated carbocycles. The summed E-state index contributed by atoms with van der Waals surface area (Å²) >= 11 is 3.39. The average molecular weight is 468 g/mol. The Morgan fingerprint density at radius 2 is 1.93 bits per heavy atom. The van der Waals surface area contributed by atoms with Crippen molar-refractivity contribution in [1.29, 1.82) is 0 Å². The SMILES string of the molecule is O=C(Nc1ccnn1Cc1ccc(Br)cc1)c1ccc(-n2cncn2)c([N+](=O)[O-])c1. The molecule has 0 fully saturated rings. The van der Waals surface area contributed by atoms with Crippen LogP contribution in [-0.4, -0.2) is 35.4 Å². The lowest BCUT2D eigenvalue weighted by atomic mass is 10.1. The van der Waals surface area contributed by atoms with Crippen molar-refractivity contribution in [3.63, 3.8) is 0 Å². The van der Waals surface area contributed by atoms with Crippen LogP contribution in [0.2, 0.25) is 0 Å². The van der Waals surface area contributed by atoms with E-state index in [2.05, 4.69) is 36.4 Å². The van der Waals surface area contributed by atoms with Gasteiger partial charge in [0.2, 0.25) is 0 Å². The quantitative estimate of drug-likeness (QED) is 0.342. The number of carbonyl (C=O) groups excluding carboxylic acids is 1. The average Bonchev–Trinajstić information content (AvgIpc) is 3.42. The van der Waals surface area contributed by atoms with Gasteiger partial charge >= 0.3 is 0 Å². The molecule has 0 radical (unpaired) electrons. The van der Waals surface area contributed by atoms with Crippen LogP contribution in [0.3, 0.4) is 0 Å². The van der Waals surface area contributed by atoms with Gasteiger partial charge in [0, 0.05) is 22.2 Å². The van der Waals surface area contributed by atoms with E-state index in [4.69, 9.17) is 0 Å². The highest BCUT2D eigenvalue weighted by Gasteiger charge is 2.20. The first kappa shape index (κ1) is 19.5. The second kappa shape index (κ2) is 8.25. The van der Waals surface area contributed by atoms with Crippen molar-refractivity contribution in [2.45, 2.75) is 6.54 Å². The van der Waals surface area contributed by atoms with Crippen molar-refractivity contribution in [2.24, 2.45) is 0 Å². The molecule has 30 heavy (non-hydrogen) atoms. The third-order valence-electron chi connectivity index (χ3n) is 4.30. The van der Waals surface area contributed by atoms with Crippen LogP contribution in [0.15, 0.2) is 71.9 Å². The summed E-state index contributed by atoms with van der Waals surface area (Å²) in [6.45, 7) is 0.460. The number of nitro groups is 1. The summed E-state index contributed by atoms with van der Waals surface area (Å²) in [7, 11) is 0. The van der Waals surface area contributed by atoms with Crippen molar-refractivity contribution in [2.75, 3.05) is 5.32 Å². The molecule has 10 nitrogen and oxygen atoms in total. The van der Waals surface area contributed by atoms with Crippen LogP contribution in [0.5, 0.6) is 0 Å². The van der Waals surface area contributed by atoms with Gasteiger partial charge in [0.1, 0.15) is 24.2 Å². The number of carbonyl (C=O) groups is 1. The number of amides is 1. The Balaban J connectivity index is 1.56. The van der Waals surface area contributed by atoms with E-state index in [0.717, 1.165) is 10.0 Å². The van der Waals surface area contributed by atoms with Crippen LogP contribution in [0.1, 0.15) is 15.9 Å². The molecule has 0 aliphatic carbocycles. The largest absolute Gasteiger partial charge is 0.307 e. The zero-order chi connectivity index (χ0) is 21.1. The molecule has 0 atom stereocenters. The van der Waals surface area contributed by atoms with Crippen molar-refractivity contribution in [1.82, 2.24) is 24.5 Å². The second-order valence-electron chi connectivity index (χ2n) is 6.26. The molecule has 2 aromatic heterocycles. The standard InChI is InChI=1S/C19H14BrN7O3/c20-15-4-1-13(2-5-15)10-25-18(7-8-22-25)24-19(28)14-3-6-16(17(9-14)27(29)30)26-12-21-11-23-26/h1-9,11-12H,10H2,(H,24,28). The molecule has 2 heterocycles. The molecule has 1 N–H and O–H groups in total. The fourth-order valence-corrected chi connectivity index (χ4v) is 3.12. The number of benzene rings is 2. The molecule has 150 valence electrons. The first-order valence-electron chi connectivity index (χ1n) is 8.72. The molecule has 0 aliphatic rings. The highest BCUT2D eigenvalue weighted by molar-refractivity contribution is 9.10. The van der Waals surface area contributed by atoms with Gasteiger partial charge in [-0.1, -0.05) is 28.1 Å². The summed E-state index contributed by atoms with van der Waals surface area (Å²) in [5, 5.41) is 22.4. The summed E-state index contributed by atoms with van der Waals surface area (Å²) in [6.07, 6.45) is 4.20. The first-order chi connectivity index (χ1) is 14.5. The molecule has 0 spiro atoms. The van der Waals surface area contributed by atoms with Gasteiger partial charge in [0.05, 0.1) is 17.7 Å². The number of halogens is 1. The third kappa shape index (κ3) is 4.10. The minimum absolute atomic E-state index is 0.141. The van der Waals surface area contributed by atoms with Gasteiger partial charge in [-0.15, -0.1) is 0 Å². The number of aromatic nitrogens is 5. The Bertz CT molecular complexity index is 1200. The van der Waals surface area contributed by atoms with Crippen LogP contribution < -0.4 is 5.32 Å². The summed E-state index contributed by atoms with van der Waals surface area (Å²) < 4.78 is 3.88. The monoisotopic (exact) mass is 467 g/mol. The lowest BCUT2D eigenvalue weighted by Gasteiger charge is -2.10. The van der Waals surface area contributed by atoms with Crippen LogP contribution in [0.4, 0.5) is 11.5 Å². The highest BCUT2D eigenvalue weighted by atomic mass is 79.9. The van der Waals surface area contributed by atoms with Crippen LogP contribution in [0.25, 0.3) is 5.69 Å². The van der Waals surface area contributed by atoms with E-state index in [9.17, 15) is 14.9 Å². The Hall–Kier alpha value is -3.86. The molecular weight excluding hydrogens is 454 g/mol. The molecule has 0 aliphatic heterocycles. The molecule has 2 aromatic carbocycles. The van der Waals surface area contributed by atoms with Gasteiger partial charge in [-0.25, -0.2) is 14.3 Å². The maximum Gasteiger partial charge on any atom is 0.295 e. The molecule has 4 aromatic rings. The van der Waals surface area contributed by atoms with E-state index in [0.29, 0.717) is 12.4 Å². The summed E-state index contributed by atoms with van der Waals surface area (Å²) in [5.74, 6) is -0.00767. The first-order valence-corrected chi connectivity index (χ1v) is 9.51. The lowest BCUT2D eigenvalue weighted by molar-refractivity contribution is -0.384.